The molecule has 22 heavy (non-hydrogen) atoms. The van der Waals surface area contributed by atoms with Gasteiger partial charge in [0.25, 0.3) is 5.56 Å². The van der Waals surface area contributed by atoms with Crippen LogP contribution in [0.3, 0.4) is 0 Å². The Bertz CT molecular complexity index is 713. The number of benzene rings is 1. The van der Waals surface area contributed by atoms with Gasteiger partial charge in [0.05, 0.1) is 11.8 Å². The van der Waals surface area contributed by atoms with Crippen LogP contribution in [0.2, 0.25) is 0 Å². The van der Waals surface area contributed by atoms with Crippen LogP contribution in [0.15, 0.2) is 47.4 Å². The SMILES string of the molecule is CSC(C)C(=O)Nc1cccn(Cc2ccc(F)cc2)c1=O. The van der Waals surface area contributed by atoms with Crippen molar-refractivity contribution in [1.29, 1.82) is 0 Å². The molecule has 0 fully saturated rings. The van der Waals surface area contributed by atoms with E-state index in [0.29, 0.717) is 6.54 Å². The third-order valence-corrected chi connectivity index (χ3v) is 4.19. The molecule has 0 spiro atoms. The largest absolute Gasteiger partial charge is 0.321 e. The molecule has 6 heteroatoms. The van der Waals surface area contributed by atoms with Crippen molar-refractivity contribution >= 4 is 23.4 Å². The van der Waals surface area contributed by atoms with Crippen LogP contribution in [0.1, 0.15) is 12.5 Å². The van der Waals surface area contributed by atoms with Crippen molar-refractivity contribution in [3.8, 4) is 0 Å². The molecule has 1 N–H and O–H groups in total. The maximum atomic E-state index is 12.9. The number of anilines is 1. The molecule has 1 unspecified atom stereocenters. The van der Waals surface area contributed by atoms with Crippen LogP contribution in [-0.2, 0) is 11.3 Å². The Balaban J connectivity index is 2.20. The fourth-order valence-electron chi connectivity index (χ4n) is 1.88. The van der Waals surface area contributed by atoms with Gasteiger partial charge in [-0.05, 0) is 43.0 Å². The Morgan fingerprint density at radius 3 is 2.64 bits per heavy atom. The van der Waals surface area contributed by atoms with Gasteiger partial charge < -0.3 is 9.88 Å². The highest BCUT2D eigenvalue weighted by atomic mass is 32.2. The first-order chi connectivity index (χ1) is 10.5. The number of rotatable bonds is 5. The van der Waals surface area contributed by atoms with Gasteiger partial charge in [-0.25, -0.2) is 4.39 Å². The second kappa shape index (κ2) is 7.26. The fraction of sp³-hybridized carbons (Fsp3) is 0.250. The van der Waals surface area contributed by atoms with Crippen molar-refractivity contribution in [2.45, 2.75) is 18.7 Å². The summed E-state index contributed by atoms with van der Waals surface area (Å²) in [7, 11) is 0. The van der Waals surface area contributed by atoms with Gasteiger partial charge in [0.2, 0.25) is 5.91 Å². The molecular formula is C16H17FN2O2S. The highest BCUT2D eigenvalue weighted by Crippen LogP contribution is 2.09. The fourth-order valence-corrected chi connectivity index (χ4v) is 2.16. The number of halogens is 1. The van der Waals surface area contributed by atoms with Crippen LogP contribution in [0, 0.1) is 5.82 Å². The van der Waals surface area contributed by atoms with Gasteiger partial charge in [0.1, 0.15) is 11.5 Å². The molecule has 116 valence electrons. The second-order valence-corrected chi connectivity index (χ2v) is 6.03. The zero-order valence-corrected chi connectivity index (χ0v) is 13.2. The number of amides is 1. The maximum absolute atomic E-state index is 12.9. The predicted molar refractivity (Wildman–Crippen MR) is 87.8 cm³/mol. The number of carbonyl (C=O) groups excluding carboxylic acids is 1. The molecule has 0 saturated heterocycles. The molecule has 1 aromatic heterocycles. The van der Waals surface area contributed by atoms with Gasteiger partial charge in [-0.15, -0.1) is 0 Å². The molecule has 1 heterocycles. The zero-order valence-electron chi connectivity index (χ0n) is 12.4. The van der Waals surface area contributed by atoms with Crippen molar-refractivity contribution in [3.05, 3.63) is 64.3 Å². The van der Waals surface area contributed by atoms with Crippen LogP contribution in [0.5, 0.6) is 0 Å². The summed E-state index contributed by atoms with van der Waals surface area (Å²) in [5, 5.41) is 2.41. The highest BCUT2D eigenvalue weighted by molar-refractivity contribution is 7.99. The van der Waals surface area contributed by atoms with Crippen molar-refractivity contribution in [3.63, 3.8) is 0 Å². The number of hydrogen-bond acceptors (Lipinski definition) is 3. The zero-order chi connectivity index (χ0) is 16.1. The summed E-state index contributed by atoms with van der Waals surface area (Å²) in [4.78, 5) is 24.2. The van der Waals surface area contributed by atoms with Gasteiger partial charge >= 0.3 is 0 Å². The van der Waals surface area contributed by atoms with E-state index in [4.69, 9.17) is 0 Å². The highest BCUT2D eigenvalue weighted by Gasteiger charge is 2.13. The van der Waals surface area contributed by atoms with Crippen LogP contribution in [-0.4, -0.2) is 22.0 Å². The molecule has 0 radical (unpaired) electrons. The lowest BCUT2D eigenvalue weighted by Crippen LogP contribution is -2.29. The van der Waals surface area contributed by atoms with Gasteiger partial charge in [-0.2, -0.15) is 11.8 Å². The third kappa shape index (κ3) is 3.98. The van der Waals surface area contributed by atoms with Crippen LogP contribution in [0.4, 0.5) is 10.1 Å². The topological polar surface area (TPSA) is 51.1 Å². The van der Waals surface area contributed by atoms with E-state index in [1.807, 2.05) is 6.26 Å². The molecule has 0 aliphatic heterocycles. The molecule has 1 aromatic carbocycles. The van der Waals surface area contributed by atoms with Crippen LogP contribution < -0.4 is 10.9 Å². The van der Waals surface area contributed by atoms with E-state index >= 15 is 0 Å². The lowest BCUT2D eigenvalue weighted by atomic mass is 10.2. The summed E-state index contributed by atoms with van der Waals surface area (Å²) in [6.45, 7) is 2.10. The average molecular weight is 320 g/mol. The lowest BCUT2D eigenvalue weighted by molar-refractivity contribution is -0.115. The van der Waals surface area contributed by atoms with E-state index in [1.54, 1.807) is 37.4 Å². The minimum atomic E-state index is -0.317. The van der Waals surface area contributed by atoms with E-state index in [1.165, 1.54) is 28.5 Å². The standard InChI is InChI=1S/C16H17FN2O2S/c1-11(22-2)15(20)18-14-4-3-9-19(16(14)21)10-12-5-7-13(17)8-6-12/h3-9,11H,10H2,1-2H3,(H,18,20). The summed E-state index contributed by atoms with van der Waals surface area (Å²) in [5.41, 5.74) is 0.772. The average Bonchev–Trinajstić information content (AvgIpc) is 2.52. The normalized spacial score (nSPS) is 12.0. The first-order valence-electron chi connectivity index (χ1n) is 6.79. The maximum Gasteiger partial charge on any atom is 0.274 e. The molecular weight excluding hydrogens is 303 g/mol. The minimum Gasteiger partial charge on any atom is -0.321 e. The Labute approximate surface area is 132 Å². The van der Waals surface area contributed by atoms with Gasteiger partial charge in [-0.1, -0.05) is 12.1 Å². The number of carbonyl (C=O) groups is 1. The second-order valence-electron chi connectivity index (χ2n) is 4.85. The molecule has 0 aliphatic rings. The smallest absolute Gasteiger partial charge is 0.274 e. The molecule has 0 saturated carbocycles. The number of hydrogen-bond donors (Lipinski definition) is 1. The molecule has 0 bridgehead atoms. The number of aromatic nitrogens is 1. The first-order valence-corrected chi connectivity index (χ1v) is 8.07. The Morgan fingerprint density at radius 2 is 2.00 bits per heavy atom. The quantitative estimate of drug-likeness (QED) is 0.921. The van der Waals surface area contributed by atoms with Crippen molar-refractivity contribution in [1.82, 2.24) is 4.57 Å². The lowest BCUT2D eigenvalue weighted by Gasteiger charge is -2.11. The Morgan fingerprint density at radius 1 is 1.32 bits per heavy atom. The van der Waals surface area contributed by atoms with Crippen molar-refractivity contribution < 1.29 is 9.18 Å². The van der Waals surface area contributed by atoms with E-state index in [0.717, 1.165) is 5.56 Å². The number of nitrogens with one attached hydrogen (secondary N) is 1. The summed E-state index contributed by atoms with van der Waals surface area (Å²) in [6, 6.07) is 9.24. The summed E-state index contributed by atoms with van der Waals surface area (Å²) >= 11 is 1.41. The first kappa shape index (κ1) is 16.3. The number of thioether (sulfide) groups is 1. The molecule has 1 amide bonds. The summed E-state index contributed by atoms with van der Waals surface area (Å²) in [5.74, 6) is -0.521. The van der Waals surface area contributed by atoms with E-state index in [-0.39, 0.29) is 28.2 Å². The molecule has 2 rings (SSSR count). The Hall–Kier alpha value is -2.08. The van der Waals surface area contributed by atoms with Gasteiger partial charge in [0, 0.05) is 6.20 Å². The molecule has 0 aliphatic carbocycles. The predicted octanol–water partition coefficient (Wildman–Crippen LogP) is 2.73. The number of nitrogens with zero attached hydrogens (tertiary/aromatic N) is 1. The summed E-state index contributed by atoms with van der Waals surface area (Å²) in [6.07, 6.45) is 3.47. The van der Waals surface area contributed by atoms with Crippen LogP contribution >= 0.6 is 11.8 Å². The van der Waals surface area contributed by atoms with E-state index in [9.17, 15) is 14.0 Å². The van der Waals surface area contributed by atoms with E-state index < -0.39 is 0 Å². The molecule has 4 nitrogen and oxygen atoms in total. The van der Waals surface area contributed by atoms with Gasteiger partial charge in [0.15, 0.2) is 0 Å². The third-order valence-electron chi connectivity index (χ3n) is 3.27. The molecule has 2 aromatic rings. The molecule has 1 atom stereocenters. The monoisotopic (exact) mass is 320 g/mol. The van der Waals surface area contributed by atoms with E-state index in [2.05, 4.69) is 5.32 Å². The van der Waals surface area contributed by atoms with Gasteiger partial charge in [-0.3, -0.25) is 9.59 Å². The van der Waals surface area contributed by atoms with Crippen LogP contribution in [0.25, 0.3) is 0 Å². The van der Waals surface area contributed by atoms with Crippen molar-refractivity contribution in [2.24, 2.45) is 0 Å². The summed E-state index contributed by atoms with van der Waals surface area (Å²) < 4.78 is 14.4. The van der Waals surface area contributed by atoms with Crippen molar-refractivity contribution in [2.75, 3.05) is 11.6 Å². The Kier molecular flexibility index (Phi) is 5.38. The minimum absolute atomic E-state index is 0.205. The number of pyridine rings is 1.